The Morgan fingerprint density at radius 2 is 2.00 bits per heavy atom. The van der Waals surface area contributed by atoms with E-state index in [0.29, 0.717) is 0 Å². The standard InChI is InChI=1S/C7H5F3N/c8-7(9,10)5-3-1-2-4-6(5)11/h1-2,4H,11H2. The lowest BCUT2D eigenvalue weighted by molar-refractivity contribution is -0.137. The molecule has 0 saturated carbocycles. The highest BCUT2D eigenvalue weighted by molar-refractivity contribution is 5.47. The molecule has 1 aromatic rings. The Morgan fingerprint density at radius 3 is 2.36 bits per heavy atom. The molecule has 0 bridgehead atoms. The van der Waals surface area contributed by atoms with Gasteiger partial charge >= 0.3 is 6.18 Å². The van der Waals surface area contributed by atoms with E-state index in [9.17, 15) is 13.2 Å². The number of benzene rings is 1. The van der Waals surface area contributed by atoms with Gasteiger partial charge in [0.25, 0.3) is 0 Å². The zero-order valence-electron chi connectivity index (χ0n) is 5.44. The minimum absolute atomic E-state index is 0.292. The van der Waals surface area contributed by atoms with Crippen LogP contribution < -0.4 is 5.73 Å². The van der Waals surface area contributed by atoms with E-state index in [1.54, 1.807) is 0 Å². The summed E-state index contributed by atoms with van der Waals surface area (Å²) in [5, 5.41) is 0. The van der Waals surface area contributed by atoms with Gasteiger partial charge in [-0.15, -0.1) is 0 Å². The third-order valence-corrected chi connectivity index (χ3v) is 1.17. The molecule has 0 aliphatic rings. The highest BCUT2D eigenvalue weighted by atomic mass is 19.4. The first-order chi connectivity index (χ1) is 5.02. The molecule has 1 radical (unpaired) electrons. The van der Waals surface area contributed by atoms with Gasteiger partial charge in [-0.25, -0.2) is 0 Å². The van der Waals surface area contributed by atoms with E-state index in [-0.39, 0.29) is 5.69 Å². The van der Waals surface area contributed by atoms with Gasteiger partial charge in [-0.3, -0.25) is 0 Å². The van der Waals surface area contributed by atoms with Crippen LogP contribution in [0.15, 0.2) is 18.2 Å². The van der Waals surface area contributed by atoms with Gasteiger partial charge < -0.3 is 5.73 Å². The lowest BCUT2D eigenvalue weighted by atomic mass is 10.2. The Balaban J connectivity index is 3.14. The SMILES string of the molecule is Nc1ccc[c]c1C(F)(F)F. The fourth-order valence-electron chi connectivity index (χ4n) is 0.695. The fraction of sp³-hybridized carbons (Fsp3) is 0.143. The first-order valence-corrected chi connectivity index (χ1v) is 2.85. The molecule has 0 saturated heterocycles. The maximum atomic E-state index is 11.9. The Morgan fingerprint density at radius 1 is 1.36 bits per heavy atom. The second kappa shape index (κ2) is 2.45. The van der Waals surface area contributed by atoms with E-state index in [2.05, 4.69) is 0 Å². The second-order valence-electron chi connectivity index (χ2n) is 2.00. The summed E-state index contributed by atoms with van der Waals surface area (Å²) in [6.45, 7) is 0. The molecular formula is C7H5F3N. The molecule has 0 unspecified atom stereocenters. The highest BCUT2D eigenvalue weighted by Crippen LogP contribution is 2.32. The van der Waals surface area contributed by atoms with E-state index in [0.717, 1.165) is 0 Å². The predicted molar refractivity (Wildman–Crippen MR) is 34.7 cm³/mol. The number of nitrogens with two attached hydrogens (primary N) is 1. The molecule has 0 atom stereocenters. The Bertz CT molecular complexity index is 254. The van der Waals surface area contributed by atoms with Crippen molar-refractivity contribution >= 4 is 5.69 Å². The summed E-state index contributed by atoms with van der Waals surface area (Å²) >= 11 is 0. The Kier molecular flexibility index (Phi) is 1.76. The number of alkyl halides is 3. The van der Waals surface area contributed by atoms with Gasteiger partial charge in [0.1, 0.15) is 0 Å². The van der Waals surface area contributed by atoms with Crippen molar-refractivity contribution in [2.75, 3.05) is 5.73 Å². The van der Waals surface area contributed by atoms with Crippen molar-refractivity contribution in [1.29, 1.82) is 0 Å². The monoisotopic (exact) mass is 160 g/mol. The third kappa shape index (κ3) is 1.63. The van der Waals surface area contributed by atoms with Gasteiger partial charge in [-0.2, -0.15) is 13.2 Å². The lowest BCUT2D eigenvalue weighted by Crippen LogP contribution is -2.08. The molecule has 59 valence electrons. The van der Waals surface area contributed by atoms with Crippen LogP contribution in [0.5, 0.6) is 0 Å². The predicted octanol–water partition coefficient (Wildman–Crippen LogP) is 2.09. The summed E-state index contributed by atoms with van der Waals surface area (Å²) in [6, 6.07) is 5.81. The number of halogens is 3. The fourth-order valence-corrected chi connectivity index (χ4v) is 0.695. The van der Waals surface area contributed by atoms with Crippen LogP contribution in [-0.2, 0) is 6.18 Å². The van der Waals surface area contributed by atoms with Crippen molar-refractivity contribution in [2.45, 2.75) is 6.18 Å². The van der Waals surface area contributed by atoms with Crippen LogP contribution in [0.4, 0.5) is 18.9 Å². The molecule has 0 spiro atoms. The summed E-state index contributed by atoms with van der Waals surface area (Å²) in [5.41, 5.74) is 3.86. The van der Waals surface area contributed by atoms with E-state index in [1.165, 1.54) is 18.2 Å². The van der Waals surface area contributed by atoms with E-state index >= 15 is 0 Å². The minimum Gasteiger partial charge on any atom is -0.398 e. The van der Waals surface area contributed by atoms with Gasteiger partial charge in [0.2, 0.25) is 0 Å². The van der Waals surface area contributed by atoms with Crippen LogP contribution >= 0.6 is 0 Å². The third-order valence-electron chi connectivity index (χ3n) is 1.17. The molecule has 1 aromatic carbocycles. The van der Waals surface area contributed by atoms with Crippen LogP contribution in [0.25, 0.3) is 0 Å². The van der Waals surface area contributed by atoms with Crippen LogP contribution in [-0.4, -0.2) is 0 Å². The molecule has 11 heavy (non-hydrogen) atoms. The molecular weight excluding hydrogens is 155 g/mol. The average Bonchev–Trinajstić information content (AvgIpc) is 1.86. The summed E-state index contributed by atoms with van der Waals surface area (Å²) in [6.07, 6.45) is -4.40. The molecule has 0 fully saturated rings. The summed E-state index contributed by atoms with van der Waals surface area (Å²) in [7, 11) is 0. The van der Waals surface area contributed by atoms with Crippen molar-refractivity contribution in [2.24, 2.45) is 0 Å². The quantitative estimate of drug-likeness (QED) is 0.578. The van der Waals surface area contributed by atoms with Gasteiger partial charge in [-0.05, 0) is 12.1 Å². The largest absolute Gasteiger partial charge is 0.418 e. The molecule has 0 aliphatic heterocycles. The highest BCUT2D eigenvalue weighted by Gasteiger charge is 2.32. The normalized spacial score (nSPS) is 11.5. The summed E-state index contributed by atoms with van der Waals surface area (Å²) in [5.74, 6) is 0. The Labute approximate surface area is 61.6 Å². The average molecular weight is 160 g/mol. The van der Waals surface area contributed by atoms with Crippen LogP contribution in [0.3, 0.4) is 0 Å². The molecule has 0 aliphatic carbocycles. The van der Waals surface area contributed by atoms with E-state index in [1.807, 2.05) is 6.07 Å². The van der Waals surface area contributed by atoms with E-state index < -0.39 is 11.7 Å². The smallest absolute Gasteiger partial charge is 0.398 e. The van der Waals surface area contributed by atoms with Gasteiger partial charge in [0, 0.05) is 5.69 Å². The van der Waals surface area contributed by atoms with E-state index in [4.69, 9.17) is 5.73 Å². The van der Waals surface area contributed by atoms with Crippen molar-refractivity contribution in [1.82, 2.24) is 0 Å². The summed E-state index contributed by atoms with van der Waals surface area (Å²) < 4.78 is 35.8. The maximum absolute atomic E-state index is 11.9. The van der Waals surface area contributed by atoms with Gasteiger partial charge in [0.05, 0.1) is 5.56 Å². The lowest BCUT2D eigenvalue weighted by Gasteiger charge is -2.07. The number of nitrogen functional groups attached to an aromatic ring is 1. The van der Waals surface area contributed by atoms with Gasteiger partial charge in [0.15, 0.2) is 0 Å². The number of hydrogen-bond acceptors (Lipinski definition) is 1. The second-order valence-corrected chi connectivity index (χ2v) is 2.00. The molecule has 1 nitrogen and oxygen atoms in total. The zero-order chi connectivity index (χ0) is 8.48. The number of hydrogen-bond donors (Lipinski definition) is 1. The maximum Gasteiger partial charge on any atom is 0.418 e. The first-order valence-electron chi connectivity index (χ1n) is 2.85. The number of rotatable bonds is 0. The van der Waals surface area contributed by atoms with Crippen LogP contribution in [0.2, 0.25) is 0 Å². The number of anilines is 1. The van der Waals surface area contributed by atoms with Crippen molar-refractivity contribution in [3.8, 4) is 0 Å². The topological polar surface area (TPSA) is 26.0 Å². The molecule has 4 heteroatoms. The van der Waals surface area contributed by atoms with Crippen molar-refractivity contribution in [3.63, 3.8) is 0 Å². The molecule has 0 aromatic heterocycles. The first kappa shape index (κ1) is 7.91. The molecule has 0 amide bonds. The van der Waals surface area contributed by atoms with Crippen LogP contribution in [0, 0.1) is 6.07 Å². The van der Waals surface area contributed by atoms with Crippen LogP contribution in [0.1, 0.15) is 5.56 Å². The zero-order valence-corrected chi connectivity index (χ0v) is 5.44. The minimum atomic E-state index is -4.40. The molecule has 2 N–H and O–H groups in total. The molecule has 0 heterocycles. The van der Waals surface area contributed by atoms with Gasteiger partial charge in [-0.1, -0.05) is 12.1 Å². The van der Waals surface area contributed by atoms with Crippen molar-refractivity contribution in [3.05, 3.63) is 29.8 Å². The Hall–Kier alpha value is -1.19. The van der Waals surface area contributed by atoms with Crippen molar-refractivity contribution < 1.29 is 13.2 Å². The summed E-state index contributed by atoms with van der Waals surface area (Å²) in [4.78, 5) is 0. The molecule has 1 rings (SSSR count).